The summed E-state index contributed by atoms with van der Waals surface area (Å²) < 4.78 is 6.20. The summed E-state index contributed by atoms with van der Waals surface area (Å²) in [6, 6.07) is 16.3. The normalized spacial score (nSPS) is 16.0. The van der Waals surface area contributed by atoms with Crippen molar-refractivity contribution in [3.05, 3.63) is 77.7 Å². The number of amides is 2. The highest BCUT2D eigenvalue weighted by molar-refractivity contribution is 6.00. The molecule has 2 amide bonds. The van der Waals surface area contributed by atoms with Crippen molar-refractivity contribution in [1.82, 2.24) is 14.9 Å². The molecule has 1 aromatic heterocycles. The maximum absolute atomic E-state index is 12.5. The van der Waals surface area contributed by atoms with E-state index >= 15 is 0 Å². The Kier molecular flexibility index (Phi) is 6.97. The van der Waals surface area contributed by atoms with Crippen LogP contribution in [0.5, 0.6) is 5.75 Å². The summed E-state index contributed by atoms with van der Waals surface area (Å²) >= 11 is 0. The number of likely N-dealkylation sites (tertiary alicyclic amines) is 1. The van der Waals surface area contributed by atoms with Gasteiger partial charge in [-0.05, 0) is 56.5 Å². The molecule has 1 aliphatic heterocycles. The summed E-state index contributed by atoms with van der Waals surface area (Å²) in [5, 5.41) is 5.59. The number of hydrogen-bond donors (Lipinski definition) is 2. The van der Waals surface area contributed by atoms with Crippen molar-refractivity contribution in [1.29, 1.82) is 0 Å². The Morgan fingerprint density at radius 2 is 1.94 bits per heavy atom. The second-order valence-electron chi connectivity index (χ2n) is 8.18. The minimum Gasteiger partial charge on any atom is -0.490 e. The summed E-state index contributed by atoms with van der Waals surface area (Å²) in [5.74, 6) is 1.05. The highest BCUT2D eigenvalue weighted by atomic mass is 16.5. The summed E-state index contributed by atoms with van der Waals surface area (Å²) in [6.45, 7) is 6.40. The molecule has 7 heteroatoms. The number of ether oxygens (including phenoxy) is 1. The Balaban J connectivity index is 1.38. The van der Waals surface area contributed by atoms with Gasteiger partial charge in [0.15, 0.2) is 5.82 Å². The molecule has 2 heterocycles. The molecule has 2 N–H and O–H groups in total. The number of urea groups is 1. The van der Waals surface area contributed by atoms with Crippen LogP contribution in [0.25, 0.3) is 0 Å². The summed E-state index contributed by atoms with van der Waals surface area (Å²) in [7, 11) is 0. The second-order valence-corrected chi connectivity index (χ2v) is 8.18. The summed E-state index contributed by atoms with van der Waals surface area (Å²) in [5.41, 5.74) is 3.77. The van der Waals surface area contributed by atoms with Gasteiger partial charge in [0.2, 0.25) is 0 Å². The van der Waals surface area contributed by atoms with Gasteiger partial charge in [-0.3, -0.25) is 15.2 Å². The van der Waals surface area contributed by atoms with Crippen molar-refractivity contribution >= 4 is 17.5 Å². The predicted octanol–water partition coefficient (Wildman–Crippen LogP) is 4.78. The fraction of sp³-hybridized carbons (Fsp3) is 0.320. The lowest BCUT2D eigenvalue weighted by Gasteiger charge is -2.25. The van der Waals surface area contributed by atoms with Crippen molar-refractivity contribution < 1.29 is 9.53 Å². The molecule has 2 aromatic carbocycles. The minimum atomic E-state index is -0.384. The highest BCUT2D eigenvalue weighted by Gasteiger charge is 2.25. The van der Waals surface area contributed by atoms with E-state index in [2.05, 4.69) is 49.8 Å². The summed E-state index contributed by atoms with van der Waals surface area (Å²) in [4.78, 5) is 23.3. The molecule has 7 nitrogen and oxygen atoms in total. The van der Waals surface area contributed by atoms with Gasteiger partial charge in [-0.1, -0.05) is 36.4 Å². The average molecular weight is 432 g/mol. The van der Waals surface area contributed by atoms with Gasteiger partial charge in [-0.15, -0.1) is 0 Å². The van der Waals surface area contributed by atoms with E-state index in [-0.39, 0.29) is 6.03 Å². The number of rotatable bonds is 7. The Labute approximate surface area is 188 Å². The fourth-order valence-electron chi connectivity index (χ4n) is 3.89. The molecule has 0 saturated carbocycles. The third-order valence-electron chi connectivity index (χ3n) is 5.56. The molecule has 3 aromatic rings. The monoisotopic (exact) mass is 431 g/mol. The number of aromatic nitrogens is 2. The molecule has 1 atom stereocenters. The van der Waals surface area contributed by atoms with Crippen molar-refractivity contribution in [3.8, 4) is 5.75 Å². The average Bonchev–Trinajstić information content (AvgIpc) is 3.22. The molecule has 0 radical (unpaired) electrons. The van der Waals surface area contributed by atoms with E-state index in [0.717, 1.165) is 30.8 Å². The molecule has 0 spiro atoms. The molecule has 1 aliphatic rings. The zero-order valence-electron chi connectivity index (χ0n) is 18.5. The molecule has 1 saturated heterocycles. The maximum Gasteiger partial charge on any atom is 0.324 e. The Hall–Kier alpha value is -3.45. The van der Waals surface area contributed by atoms with E-state index in [1.54, 1.807) is 6.20 Å². The molecular weight excluding hydrogens is 402 g/mol. The summed E-state index contributed by atoms with van der Waals surface area (Å²) in [6.07, 6.45) is 5.41. The van der Waals surface area contributed by atoms with Crippen LogP contribution in [0.4, 0.5) is 16.3 Å². The lowest BCUT2D eigenvalue weighted by molar-refractivity contribution is 0.167. The van der Waals surface area contributed by atoms with Crippen molar-refractivity contribution in [3.63, 3.8) is 0 Å². The topological polar surface area (TPSA) is 79.4 Å². The fourth-order valence-corrected chi connectivity index (χ4v) is 3.89. The number of carbonyl (C=O) groups excluding carboxylic acids is 1. The first-order valence-corrected chi connectivity index (χ1v) is 10.9. The van der Waals surface area contributed by atoms with Crippen LogP contribution in [0.3, 0.4) is 0 Å². The molecule has 166 valence electrons. The molecule has 0 bridgehead atoms. The van der Waals surface area contributed by atoms with Crippen molar-refractivity contribution in [2.75, 3.05) is 23.8 Å². The van der Waals surface area contributed by atoms with Crippen LogP contribution >= 0.6 is 0 Å². The first kappa shape index (κ1) is 21.8. The van der Waals surface area contributed by atoms with Crippen molar-refractivity contribution in [2.45, 2.75) is 39.3 Å². The van der Waals surface area contributed by atoms with Gasteiger partial charge in [-0.2, -0.15) is 0 Å². The van der Waals surface area contributed by atoms with E-state index in [9.17, 15) is 4.79 Å². The Morgan fingerprint density at radius 1 is 1.09 bits per heavy atom. The van der Waals surface area contributed by atoms with Gasteiger partial charge >= 0.3 is 6.03 Å². The first-order chi connectivity index (χ1) is 15.6. The SMILES string of the molecule is Cc1ccc(OCC2CCCN2Cc2ccccc2)c(NC(=O)Nc2cnc(C)cn2)c1. The molecule has 4 rings (SSSR count). The van der Waals surface area contributed by atoms with Gasteiger partial charge in [0.05, 0.1) is 23.8 Å². The van der Waals surface area contributed by atoms with E-state index < -0.39 is 0 Å². The zero-order chi connectivity index (χ0) is 22.3. The molecular formula is C25H29N5O2. The van der Waals surface area contributed by atoms with Crippen LogP contribution < -0.4 is 15.4 Å². The molecule has 32 heavy (non-hydrogen) atoms. The Bertz CT molecular complexity index is 1040. The van der Waals surface area contributed by atoms with Crippen LogP contribution in [-0.4, -0.2) is 40.1 Å². The smallest absolute Gasteiger partial charge is 0.324 e. The van der Waals surface area contributed by atoms with Crippen LogP contribution in [0, 0.1) is 13.8 Å². The maximum atomic E-state index is 12.5. The van der Waals surface area contributed by atoms with Gasteiger partial charge in [0, 0.05) is 12.6 Å². The predicted molar refractivity (Wildman–Crippen MR) is 126 cm³/mol. The number of anilines is 2. The number of nitrogens with one attached hydrogen (secondary N) is 2. The van der Waals surface area contributed by atoms with E-state index in [0.29, 0.717) is 29.9 Å². The standard InChI is InChI=1S/C25H29N5O2/c1-18-10-11-23(22(13-18)28-25(31)29-24-15-26-19(2)14-27-24)32-17-21-9-6-12-30(21)16-20-7-4-3-5-8-20/h3-5,7-8,10-11,13-15,21H,6,9,12,16-17H2,1-2H3,(H2,27,28,29,31). The number of nitrogens with zero attached hydrogens (tertiary/aromatic N) is 3. The number of benzene rings is 2. The van der Waals surface area contributed by atoms with Gasteiger partial charge < -0.3 is 10.1 Å². The largest absolute Gasteiger partial charge is 0.490 e. The third kappa shape index (κ3) is 5.82. The minimum absolute atomic E-state index is 0.348. The lowest BCUT2D eigenvalue weighted by atomic mass is 10.2. The van der Waals surface area contributed by atoms with Crippen LogP contribution in [0.2, 0.25) is 0 Å². The third-order valence-corrected chi connectivity index (χ3v) is 5.56. The van der Waals surface area contributed by atoms with E-state index in [1.165, 1.54) is 18.2 Å². The van der Waals surface area contributed by atoms with Gasteiger partial charge in [0.25, 0.3) is 0 Å². The second kappa shape index (κ2) is 10.2. The van der Waals surface area contributed by atoms with Crippen molar-refractivity contribution in [2.24, 2.45) is 0 Å². The van der Waals surface area contributed by atoms with Crippen LogP contribution in [0.1, 0.15) is 29.7 Å². The zero-order valence-corrected chi connectivity index (χ0v) is 18.5. The van der Waals surface area contributed by atoms with Crippen LogP contribution in [0.15, 0.2) is 60.9 Å². The van der Waals surface area contributed by atoms with Crippen LogP contribution in [-0.2, 0) is 6.54 Å². The number of carbonyl (C=O) groups is 1. The quantitative estimate of drug-likeness (QED) is 0.563. The molecule has 1 fully saturated rings. The molecule has 0 aliphatic carbocycles. The Morgan fingerprint density at radius 3 is 2.72 bits per heavy atom. The number of aryl methyl sites for hydroxylation is 2. The van der Waals surface area contributed by atoms with E-state index in [1.807, 2.05) is 38.1 Å². The number of hydrogen-bond acceptors (Lipinski definition) is 5. The van der Waals surface area contributed by atoms with E-state index in [4.69, 9.17) is 4.74 Å². The first-order valence-electron chi connectivity index (χ1n) is 10.9. The lowest BCUT2D eigenvalue weighted by Crippen LogP contribution is -2.33. The molecule has 1 unspecified atom stereocenters. The highest BCUT2D eigenvalue weighted by Crippen LogP contribution is 2.28. The van der Waals surface area contributed by atoms with Gasteiger partial charge in [0.1, 0.15) is 12.4 Å². The van der Waals surface area contributed by atoms with Gasteiger partial charge in [-0.25, -0.2) is 9.78 Å².